The van der Waals surface area contributed by atoms with Crippen molar-refractivity contribution >= 4 is 17.2 Å². The molecule has 1 aromatic heterocycles. The van der Waals surface area contributed by atoms with Crippen molar-refractivity contribution in [1.29, 1.82) is 0 Å². The number of nitrogens with two attached hydrogens (primary N) is 1. The van der Waals surface area contributed by atoms with Crippen LogP contribution in [-0.4, -0.2) is 11.9 Å². The highest BCUT2D eigenvalue weighted by Gasteiger charge is 2.17. The maximum absolute atomic E-state index is 11.8. The molecule has 1 rings (SSSR count). The van der Waals surface area contributed by atoms with Crippen LogP contribution in [0.15, 0.2) is 6.07 Å². The molecule has 4 heteroatoms. The van der Waals surface area contributed by atoms with Gasteiger partial charge in [-0.25, -0.2) is 0 Å². The van der Waals surface area contributed by atoms with Crippen LogP contribution < -0.4 is 11.1 Å². The van der Waals surface area contributed by atoms with Gasteiger partial charge in [0.15, 0.2) is 0 Å². The monoisotopic (exact) mass is 254 g/mol. The number of thiophene rings is 1. The number of carbonyl (C=O) groups excluding carboxylic acids is 1. The highest BCUT2D eigenvalue weighted by molar-refractivity contribution is 7.12. The third-order valence-electron chi connectivity index (χ3n) is 2.84. The predicted molar refractivity (Wildman–Crippen MR) is 73.2 cm³/mol. The summed E-state index contributed by atoms with van der Waals surface area (Å²) >= 11 is 1.76. The number of rotatable bonds is 5. The SMILES string of the molecule is CCCC(N)C(=O)NC(C)c1cc(C)sc1C. The van der Waals surface area contributed by atoms with Crippen LogP contribution in [0.3, 0.4) is 0 Å². The zero-order valence-corrected chi connectivity index (χ0v) is 11.9. The van der Waals surface area contributed by atoms with Gasteiger partial charge < -0.3 is 11.1 Å². The van der Waals surface area contributed by atoms with Gasteiger partial charge in [0.05, 0.1) is 12.1 Å². The summed E-state index contributed by atoms with van der Waals surface area (Å²) < 4.78 is 0. The molecular weight excluding hydrogens is 232 g/mol. The molecule has 1 heterocycles. The van der Waals surface area contributed by atoms with Gasteiger partial charge >= 0.3 is 0 Å². The molecule has 0 bridgehead atoms. The average molecular weight is 254 g/mol. The molecule has 0 fully saturated rings. The summed E-state index contributed by atoms with van der Waals surface area (Å²) in [5.74, 6) is -0.0531. The van der Waals surface area contributed by atoms with E-state index in [1.165, 1.54) is 15.3 Å². The third-order valence-corrected chi connectivity index (χ3v) is 3.82. The Morgan fingerprint density at radius 3 is 2.65 bits per heavy atom. The van der Waals surface area contributed by atoms with Crippen molar-refractivity contribution in [3.63, 3.8) is 0 Å². The van der Waals surface area contributed by atoms with Crippen LogP contribution in [0.25, 0.3) is 0 Å². The first-order chi connectivity index (χ1) is 7.95. The van der Waals surface area contributed by atoms with Crippen LogP contribution in [0, 0.1) is 13.8 Å². The minimum atomic E-state index is -0.387. The topological polar surface area (TPSA) is 55.1 Å². The van der Waals surface area contributed by atoms with E-state index in [0.29, 0.717) is 0 Å². The smallest absolute Gasteiger partial charge is 0.237 e. The summed E-state index contributed by atoms with van der Waals surface area (Å²) in [4.78, 5) is 14.3. The lowest BCUT2D eigenvalue weighted by molar-refractivity contribution is -0.123. The molecule has 1 amide bonds. The van der Waals surface area contributed by atoms with Crippen molar-refractivity contribution in [2.45, 2.75) is 52.6 Å². The van der Waals surface area contributed by atoms with Gasteiger partial charge in [-0.2, -0.15) is 0 Å². The maximum Gasteiger partial charge on any atom is 0.237 e. The van der Waals surface area contributed by atoms with Gasteiger partial charge in [-0.1, -0.05) is 13.3 Å². The van der Waals surface area contributed by atoms with Crippen LogP contribution in [0.1, 0.15) is 48.0 Å². The van der Waals surface area contributed by atoms with Gasteiger partial charge in [0.1, 0.15) is 0 Å². The number of carbonyl (C=O) groups is 1. The van der Waals surface area contributed by atoms with Crippen molar-refractivity contribution in [3.8, 4) is 0 Å². The van der Waals surface area contributed by atoms with Gasteiger partial charge in [0.2, 0.25) is 5.91 Å². The molecule has 2 atom stereocenters. The molecule has 0 aliphatic carbocycles. The zero-order chi connectivity index (χ0) is 13.0. The van der Waals surface area contributed by atoms with Crippen LogP contribution in [0.4, 0.5) is 0 Å². The fraction of sp³-hybridized carbons (Fsp3) is 0.615. The summed E-state index contributed by atoms with van der Waals surface area (Å²) in [6, 6.07) is 1.79. The molecule has 0 saturated carbocycles. The van der Waals surface area contributed by atoms with E-state index >= 15 is 0 Å². The minimum absolute atomic E-state index is 0.0374. The number of hydrogen-bond donors (Lipinski definition) is 2. The molecule has 0 spiro atoms. The van der Waals surface area contributed by atoms with E-state index in [0.717, 1.165) is 12.8 Å². The molecule has 3 N–H and O–H groups in total. The van der Waals surface area contributed by atoms with Gasteiger partial charge in [-0.15, -0.1) is 11.3 Å². The van der Waals surface area contributed by atoms with E-state index in [1.54, 1.807) is 11.3 Å². The average Bonchev–Trinajstić information content (AvgIpc) is 2.58. The molecule has 17 heavy (non-hydrogen) atoms. The number of hydrogen-bond acceptors (Lipinski definition) is 3. The standard InChI is InChI=1S/C13H22N2OS/c1-5-6-12(14)13(16)15-9(3)11-7-8(2)17-10(11)4/h7,9,12H,5-6,14H2,1-4H3,(H,15,16). The van der Waals surface area contributed by atoms with E-state index < -0.39 is 0 Å². The molecule has 0 radical (unpaired) electrons. The summed E-state index contributed by atoms with van der Waals surface area (Å²) in [6.45, 7) is 8.20. The van der Waals surface area contributed by atoms with Crippen molar-refractivity contribution in [3.05, 3.63) is 21.4 Å². The van der Waals surface area contributed by atoms with Crippen LogP contribution in [-0.2, 0) is 4.79 Å². The lowest BCUT2D eigenvalue weighted by Gasteiger charge is -2.17. The third kappa shape index (κ3) is 3.82. The summed E-state index contributed by atoms with van der Waals surface area (Å²) in [5, 5.41) is 2.98. The Morgan fingerprint density at radius 2 is 2.18 bits per heavy atom. The van der Waals surface area contributed by atoms with Crippen molar-refractivity contribution in [2.75, 3.05) is 0 Å². The molecule has 0 aliphatic heterocycles. The van der Waals surface area contributed by atoms with Crippen LogP contribution in [0.2, 0.25) is 0 Å². The summed E-state index contributed by atoms with van der Waals surface area (Å²) in [7, 11) is 0. The molecule has 3 nitrogen and oxygen atoms in total. The number of amides is 1. The Bertz CT molecular complexity index is 387. The second kappa shape index (κ2) is 6.17. The first kappa shape index (κ1) is 14.2. The molecule has 2 unspecified atom stereocenters. The molecule has 96 valence electrons. The fourth-order valence-electron chi connectivity index (χ4n) is 1.92. The lowest BCUT2D eigenvalue weighted by Crippen LogP contribution is -2.41. The largest absolute Gasteiger partial charge is 0.348 e. The van der Waals surface area contributed by atoms with Gasteiger partial charge in [0, 0.05) is 9.75 Å². The van der Waals surface area contributed by atoms with E-state index in [4.69, 9.17) is 5.73 Å². The first-order valence-corrected chi connectivity index (χ1v) is 6.90. The summed E-state index contributed by atoms with van der Waals surface area (Å²) in [6.07, 6.45) is 1.67. The normalized spacial score (nSPS) is 14.4. The number of nitrogens with one attached hydrogen (secondary N) is 1. The Labute approximate surface area is 107 Å². The van der Waals surface area contributed by atoms with Gasteiger partial charge in [-0.3, -0.25) is 4.79 Å². The van der Waals surface area contributed by atoms with Crippen molar-refractivity contribution < 1.29 is 4.79 Å². The van der Waals surface area contributed by atoms with E-state index in [2.05, 4.69) is 25.2 Å². The van der Waals surface area contributed by atoms with E-state index in [9.17, 15) is 4.79 Å². The second-order valence-electron chi connectivity index (χ2n) is 4.49. The molecule has 0 aliphatic rings. The second-order valence-corrected chi connectivity index (χ2v) is 5.95. The van der Waals surface area contributed by atoms with Crippen molar-refractivity contribution in [1.82, 2.24) is 5.32 Å². The highest BCUT2D eigenvalue weighted by atomic mass is 32.1. The Morgan fingerprint density at radius 1 is 1.53 bits per heavy atom. The van der Waals surface area contributed by atoms with Gasteiger partial charge in [0.25, 0.3) is 0 Å². The minimum Gasteiger partial charge on any atom is -0.348 e. The van der Waals surface area contributed by atoms with Crippen molar-refractivity contribution in [2.24, 2.45) is 5.73 Å². The Hall–Kier alpha value is -0.870. The Kier molecular flexibility index (Phi) is 5.15. The Balaban J connectivity index is 2.63. The van der Waals surface area contributed by atoms with Crippen LogP contribution >= 0.6 is 11.3 Å². The fourth-order valence-corrected chi connectivity index (χ4v) is 2.94. The van der Waals surface area contributed by atoms with E-state index in [-0.39, 0.29) is 18.0 Å². The molecule has 0 saturated heterocycles. The lowest BCUT2D eigenvalue weighted by atomic mass is 10.1. The number of aryl methyl sites for hydroxylation is 2. The first-order valence-electron chi connectivity index (χ1n) is 6.08. The highest BCUT2D eigenvalue weighted by Crippen LogP contribution is 2.26. The zero-order valence-electron chi connectivity index (χ0n) is 11.0. The molecular formula is C13H22N2OS. The van der Waals surface area contributed by atoms with E-state index in [1.807, 2.05) is 13.8 Å². The van der Waals surface area contributed by atoms with Crippen LogP contribution in [0.5, 0.6) is 0 Å². The summed E-state index contributed by atoms with van der Waals surface area (Å²) in [5.41, 5.74) is 6.99. The molecule has 0 aromatic carbocycles. The quantitative estimate of drug-likeness (QED) is 0.848. The predicted octanol–water partition coefficient (Wildman–Crippen LogP) is 2.67. The van der Waals surface area contributed by atoms with Gasteiger partial charge in [-0.05, 0) is 38.8 Å². The maximum atomic E-state index is 11.8. The molecule has 1 aromatic rings.